The summed E-state index contributed by atoms with van der Waals surface area (Å²) < 4.78 is 11.9. The van der Waals surface area contributed by atoms with E-state index in [-0.39, 0.29) is 30.2 Å². The maximum Gasteiger partial charge on any atom is 0.255 e. The summed E-state index contributed by atoms with van der Waals surface area (Å²) in [5.41, 5.74) is 1.50. The number of hydrogen-bond donors (Lipinski definition) is 2. The first-order chi connectivity index (χ1) is 16.6. The smallest absolute Gasteiger partial charge is 0.255 e. The fourth-order valence-corrected chi connectivity index (χ4v) is 5.78. The van der Waals surface area contributed by atoms with Crippen LogP contribution >= 0.6 is 0 Å². The second-order valence-electron chi connectivity index (χ2n) is 10.1. The number of piperidine rings is 1. The average Bonchev–Trinajstić information content (AvgIpc) is 3.16. The van der Waals surface area contributed by atoms with Gasteiger partial charge in [0.25, 0.3) is 5.91 Å². The van der Waals surface area contributed by atoms with E-state index in [4.69, 9.17) is 9.47 Å². The average molecular weight is 470 g/mol. The molecule has 3 atom stereocenters. The number of carbonyl (C=O) groups is 3. The molecule has 3 amide bonds. The van der Waals surface area contributed by atoms with Crippen LogP contribution in [0, 0.1) is 5.92 Å². The molecule has 2 saturated heterocycles. The van der Waals surface area contributed by atoms with Gasteiger partial charge in [0.2, 0.25) is 11.8 Å². The minimum absolute atomic E-state index is 0.116. The monoisotopic (exact) mass is 469 g/mol. The molecule has 8 nitrogen and oxygen atoms in total. The molecule has 34 heavy (non-hydrogen) atoms. The lowest BCUT2D eigenvalue weighted by Gasteiger charge is -2.33. The van der Waals surface area contributed by atoms with Crippen molar-refractivity contribution in [2.24, 2.45) is 5.92 Å². The summed E-state index contributed by atoms with van der Waals surface area (Å²) in [6.45, 7) is 3.16. The predicted octanol–water partition coefficient (Wildman–Crippen LogP) is 2.54. The van der Waals surface area contributed by atoms with Gasteiger partial charge in [-0.1, -0.05) is 6.42 Å². The Hall–Kier alpha value is -2.45. The molecule has 1 unspecified atom stereocenters. The molecule has 3 heterocycles. The van der Waals surface area contributed by atoms with Crippen molar-refractivity contribution in [3.8, 4) is 5.75 Å². The molecule has 0 spiro atoms. The van der Waals surface area contributed by atoms with E-state index >= 15 is 0 Å². The van der Waals surface area contributed by atoms with Gasteiger partial charge in [-0.3, -0.25) is 19.7 Å². The Labute approximate surface area is 200 Å². The van der Waals surface area contributed by atoms with Crippen molar-refractivity contribution in [1.29, 1.82) is 0 Å². The van der Waals surface area contributed by atoms with Crippen molar-refractivity contribution in [2.45, 2.75) is 82.5 Å². The number of hydrogen-bond acceptors (Lipinski definition) is 6. The minimum Gasteiger partial charge on any atom is -0.489 e. The van der Waals surface area contributed by atoms with Gasteiger partial charge in [-0.15, -0.1) is 0 Å². The Balaban J connectivity index is 1.19. The SMILES string of the molecule is O=C1CCC(N2Cc3cc(O[C@@H]4CCCC[C@@H]4NCCC4CCOCC4)ccc3C2=O)C(=O)N1. The third-order valence-corrected chi connectivity index (χ3v) is 7.78. The highest BCUT2D eigenvalue weighted by Crippen LogP contribution is 2.32. The molecular formula is C26H35N3O5. The van der Waals surface area contributed by atoms with Gasteiger partial charge < -0.3 is 19.7 Å². The largest absolute Gasteiger partial charge is 0.489 e. The van der Waals surface area contributed by atoms with E-state index in [1.165, 1.54) is 12.8 Å². The number of benzene rings is 1. The van der Waals surface area contributed by atoms with Crippen LogP contribution in [0.25, 0.3) is 0 Å². The summed E-state index contributed by atoms with van der Waals surface area (Å²) in [4.78, 5) is 38.3. The molecule has 0 radical (unpaired) electrons. The number of imide groups is 1. The first-order valence-electron chi connectivity index (χ1n) is 12.8. The first kappa shape index (κ1) is 23.3. The van der Waals surface area contributed by atoms with Crippen molar-refractivity contribution in [2.75, 3.05) is 19.8 Å². The Morgan fingerprint density at radius 2 is 1.88 bits per heavy atom. The van der Waals surface area contributed by atoms with Crippen LogP contribution in [-0.4, -0.2) is 60.6 Å². The van der Waals surface area contributed by atoms with Crippen molar-refractivity contribution in [3.05, 3.63) is 29.3 Å². The fourth-order valence-electron chi connectivity index (χ4n) is 5.78. The van der Waals surface area contributed by atoms with Gasteiger partial charge in [-0.2, -0.15) is 0 Å². The quantitative estimate of drug-likeness (QED) is 0.596. The molecule has 3 aliphatic heterocycles. The van der Waals surface area contributed by atoms with Crippen molar-refractivity contribution >= 4 is 17.7 Å². The van der Waals surface area contributed by atoms with Gasteiger partial charge in [-0.25, -0.2) is 0 Å². The molecule has 0 aromatic heterocycles. The minimum atomic E-state index is -0.593. The van der Waals surface area contributed by atoms with Gasteiger partial charge in [0.1, 0.15) is 17.9 Å². The van der Waals surface area contributed by atoms with Crippen molar-refractivity contribution in [3.63, 3.8) is 0 Å². The van der Waals surface area contributed by atoms with E-state index in [0.29, 0.717) is 24.6 Å². The highest BCUT2D eigenvalue weighted by molar-refractivity contribution is 6.05. The first-order valence-corrected chi connectivity index (χ1v) is 12.8. The molecule has 1 aromatic carbocycles. The normalized spacial score (nSPS) is 28.1. The molecular weight excluding hydrogens is 434 g/mol. The van der Waals surface area contributed by atoms with Crippen LogP contribution in [0.5, 0.6) is 5.75 Å². The van der Waals surface area contributed by atoms with Crippen molar-refractivity contribution in [1.82, 2.24) is 15.5 Å². The maximum absolute atomic E-state index is 12.9. The van der Waals surface area contributed by atoms with Gasteiger partial charge in [0.15, 0.2) is 0 Å². The third kappa shape index (κ3) is 5.13. The zero-order valence-corrected chi connectivity index (χ0v) is 19.7. The fraction of sp³-hybridized carbons (Fsp3) is 0.654. The Bertz CT molecular complexity index is 929. The summed E-state index contributed by atoms with van der Waals surface area (Å²) in [7, 11) is 0. The second-order valence-corrected chi connectivity index (χ2v) is 10.1. The van der Waals surface area contributed by atoms with E-state index < -0.39 is 6.04 Å². The highest BCUT2D eigenvalue weighted by Gasteiger charge is 2.39. The Morgan fingerprint density at radius 3 is 2.71 bits per heavy atom. The summed E-state index contributed by atoms with van der Waals surface area (Å²) in [6, 6.07) is 5.38. The molecule has 3 fully saturated rings. The molecule has 4 aliphatic rings. The standard InChI is InChI=1S/C26H35N3O5/c30-24-8-7-22(25(31)28-24)29-16-18-15-19(5-6-20(18)26(29)32)34-23-4-2-1-3-21(23)27-12-9-17-10-13-33-14-11-17/h5-6,15,17,21-23,27H,1-4,7-14,16H2,(H,28,30,31)/t21-,22?,23+/m0/s1. The van der Waals surface area contributed by atoms with E-state index in [9.17, 15) is 14.4 Å². The molecule has 0 bridgehead atoms. The number of carbonyl (C=O) groups excluding carboxylic acids is 3. The predicted molar refractivity (Wildman–Crippen MR) is 125 cm³/mol. The lowest BCUT2D eigenvalue weighted by Crippen LogP contribution is -2.52. The van der Waals surface area contributed by atoms with Crippen LogP contribution in [0.15, 0.2) is 18.2 Å². The number of fused-ring (bicyclic) bond motifs is 1. The Morgan fingerprint density at radius 1 is 1.06 bits per heavy atom. The van der Waals surface area contributed by atoms with Crippen LogP contribution in [0.4, 0.5) is 0 Å². The molecule has 1 aromatic rings. The number of amides is 3. The Kier molecular flexibility index (Phi) is 7.15. The van der Waals surface area contributed by atoms with Crippen molar-refractivity contribution < 1.29 is 23.9 Å². The molecule has 184 valence electrons. The number of ether oxygens (including phenoxy) is 2. The maximum atomic E-state index is 12.9. The van der Waals surface area contributed by atoms with Crippen LogP contribution in [0.3, 0.4) is 0 Å². The summed E-state index contributed by atoms with van der Waals surface area (Å²) in [5.74, 6) is 0.724. The molecule has 8 heteroatoms. The summed E-state index contributed by atoms with van der Waals surface area (Å²) >= 11 is 0. The summed E-state index contributed by atoms with van der Waals surface area (Å²) in [5, 5.41) is 6.11. The highest BCUT2D eigenvalue weighted by atomic mass is 16.5. The van der Waals surface area contributed by atoms with Gasteiger partial charge in [-0.05, 0) is 81.2 Å². The number of nitrogens with zero attached hydrogens (tertiary/aromatic N) is 1. The number of nitrogens with one attached hydrogen (secondary N) is 2. The van der Waals surface area contributed by atoms with Crippen LogP contribution in [-0.2, 0) is 20.9 Å². The van der Waals surface area contributed by atoms with Gasteiger partial charge >= 0.3 is 0 Å². The molecule has 1 aliphatic carbocycles. The van der Waals surface area contributed by atoms with Crippen LogP contribution in [0.2, 0.25) is 0 Å². The van der Waals surface area contributed by atoms with Gasteiger partial charge in [0, 0.05) is 37.8 Å². The molecule has 2 N–H and O–H groups in total. The van der Waals surface area contributed by atoms with E-state index in [2.05, 4.69) is 10.6 Å². The number of rotatable bonds is 7. The second kappa shape index (κ2) is 10.4. The van der Waals surface area contributed by atoms with Crippen LogP contribution < -0.4 is 15.4 Å². The van der Waals surface area contributed by atoms with Gasteiger partial charge in [0.05, 0.1) is 0 Å². The van der Waals surface area contributed by atoms with E-state index in [1.54, 1.807) is 4.90 Å². The molecule has 1 saturated carbocycles. The topological polar surface area (TPSA) is 97.0 Å². The third-order valence-electron chi connectivity index (χ3n) is 7.78. The lowest BCUT2D eigenvalue weighted by atomic mass is 9.91. The van der Waals surface area contributed by atoms with E-state index in [1.807, 2.05) is 18.2 Å². The van der Waals surface area contributed by atoms with Crippen LogP contribution in [0.1, 0.15) is 73.7 Å². The lowest BCUT2D eigenvalue weighted by molar-refractivity contribution is -0.136. The van der Waals surface area contributed by atoms with E-state index in [0.717, 1.165) is 69.1 Å². The molecule has 5 rings (SSSR count). The summed E-state index contributed by atoms with van der Waals surface area (Å²) in [6.07, 6.45) is 8.77. The zero-order chi connectivity index (χ0) is 23.5. The zero-order valence-electron chi connectivity index (χ0n) is 19.7.